The molecule has 28 heavy (non-hydrogen) atoms. The summed E-state index contributed by atoms with van der Waals surface area (Å²) in [5.41, 5.74) is 4.25. The van der Waals surface area contributed by atoms with Gasteiger partial charge < -0.3 is 10.1 Å². The van der Waals surface area contributed by atoms with Gasteiger partial charge in [0.2, 0.25) is 5.91 Å². The molecule has 1 heterocycles. The third-order valence-electron chi connectivity index (χ3n) is 5.44. The van der Waals surface area contributed by atoms with E-state index < -0.39 is 0 Å². The van der Waals surface area contributed by atoms with E-state index in [4.69, 9.17) is 4.74 Å². The summed E-state index contributed by atoms with van der Waals surface area (Å²) >= 11 is 1.62. The van der Waals surface area contributed by atoms with Crippen LogP contribution in [0.4, 0.5) is 0 Å². The second-order valence-electron chi connectivity index (χ2n) is 7.59. The number of hydrogen-bond acceptors (Lipinski definition) is 4. The quantitative estimate of drug-likeness (QED) is 0.730. The van der Waals surface area contributed by atoms with Crippen molar-refractivity contribution in [1.29, 1.82) is 0 Å². The monoisotopic (exact) mass is 396 g/mol. The number of nitrogens with zero attached hydrogens (tertiary/aromatic N) is 1. The lowest BCUT2D eigenvalue weighted by Crippen LogP contribution is -2.47. The minimum atomic E-state index is 0.0615. The van der Waals surface area contributed by atoms with Crippen LogP contribution in [0.1, 0.15) is 23.1 Å². The van der Waals surface area contributed by atoms with E-state index in [0.717, 1.165) is 26.2 Å². The fraction of sp³-hybridized carbons (Fsp3) is 0.435. The minimum Gasteiger partial charge on any atom is -0.374 e. The molecule has 148 valence electrons. The smallest absolute Gasteiger partial charge is 0.230 e. The Bertz CT molecular complexity index is 796. The molecule has 1 aliphatic carbocycles. The van der Waals surface area contributed by atoms with Crippen LogP contribution in [-0.4, -0.2) is 48.9 Å². The third kappa shape index (κ3) is 5.37. The van der Waals surface area contributed by atoms with Crippen LogP contribution in [0.3, 0.4) is 0 Å². The average molecular weight is 397 g/mol. The lowest BCUT2D eigenvalue weighted by molar-refractivity contribution is -0.119. The van der Waals surface area contributed by atoms with E-state index in [1.165, 1.54) is 40.8 Å². The Labute approximate surface area is 171 Å². The Balaban J connectivity index is 1.19. The van der Waals surface area contributed by atoms with Gasteiger partial charge >= 0.3 is 0 Å². The lowest BCUT2D eigenvalue weighted by Gasteiger charge is -2.33. The molecule has 2 aliphatic rings. The molecular formula is C23H28N2O2S. The normalized spacial score (nSPS) is 19.4. The minimum absolute atomic E-state index is 0.0615. The van der Waals surface area contributed by atoms with Gasteiger partial charge in [-0.05, 0) is 48.1 Å². The van der Waals surface area contributed by atoms with Gasteiger partial charge in [-0.2, -0.15) is 0 Å². The molecule has 1 unspecified atom stereocenters. The molecule has 1 saturated heterocycles. The Hall–Kier alpha value is -1.82. The van der Waals surface area contributed by atoms with Crippen molar-refractivity contribution < 1.29 is 9.53 Å². The Morgan fingerprint density at radius 3 is 2.89 bits per heavy atom. The molecule has 0 spiro atoms. The van der Waals surface area contributed by atoms with Crippen LogP contribution in [0.2, 0.25) is 0 Å². The van der Waals surface area contributed by atoms with Crippen molar-refractivity contribution in [2.75, 3.05) is 32.0 Å². The molecule has 0 saturated carbocycles. The molecule has 4 rings (SSSR count). The number of carbonyl (C=O) groups is 1. The standard InChI is InChI=1S/C23H28N2O2S/c26-23(17-28-22-10-9-19-7-4-8-20(19)13-22)24-14-21-16-25(11-12-27-21)15-18-5-2-1-3-6-18/h1-3,5-6,9-10,13,21H,4,7-8,11-12,14-17H2,(H,24,26). The maximum absolute atomic E-state index is 12.3. The van der Waals surface area contributed by atoms with Crippen molar-refractivity contribution in [2.24, 2.45) is 0 Å². The highest BCUT2D eigenvalue weighted by molar-refractivity contribution is 8.00. The molecule has 2 aromatic rings. The molecule has 1 fully saturated rings. The topological polar surface area (TPSA) is 41.6 Å². The molecule has 1 N–H and O–H groups in total. The zero-order chi connectivity index (χ0) is 19.2. The number of carbonyl (C=O) groups excluding carboxylic acids is 1. The highest BCUT2D eigenvalue weighted by atomic mass is 32.2. The summed E-state index contributed by atoms with van der Waals surface area (Å²) in [6.07, 6.45) is 3.69. The predicted molar refractivity (Wildman–Crippen MR) is 114 cm³/mol. The molecule has 0 aromatic heterocycles. The van der Waals surface area contributed by atoms with Crippen LogP contribution in [0.5, 0.6) is 0 Å². The van der Waals surface area contributed by atoms with E-state index >= 15 is 0 Å². The first kappa shape index (κ1) is 19.5. The number of rotatable bonds is 7. The van der Waals surface area contributed by atoms with Crippen LogP contribution >= 0.6 is 11.8 Å². The highest BCUT2D eigenvalue weighted by Crippen LogP contribution is 2.27. The molecule has 5 heteroatoms. The number of benzene rings is 2. The fourth-order valence-corrected chi connectivity index (χ4v) is 4.74. The number of thioether (sulfide) groups is 1. The van der Waals surface area contributed by atoms with E-state index in [2.05, 4.69) is 52.7 Å². The van der Waals surface area contributed by atoms with Crippen molar-refractivity contribution in [1.82, 2.24) is 10.2 Å². The Kier molecular flexibility index (Phi) is 6.68. The predicted octanol–water partition coefficient (Wildman–Crippen LogP) is 3.28. The zero-order valence-electron chi connectivity index (χ0n) is 16.2. The van der Waals surface area contributed by atoms with Gasteiger partial charge in [-0.1, -0.05) is 36.4 Å². The van der Waals surface area contributed by atoms with E-state index in [1.54, 1.807) is 11.8 Å². The van der Waals surface area contributed by atoms with Gasteiger partial charge in [-0.3, -0.25) is 9.69 Å². The van der Waals surface area contributed by atoms with Crippen molar-refractivity contribution in [3.8, 4) is 0 Å². The summed E-state index contributed by atoms with van der Waals surface area (Å²) in [5.74, 6) is 0.536. The van der Waals surface area contributed by atoms with Gasteiger partial charge in [0.1, 0.15) is 0 Å². The van der Waals surface area contributed by atoms with Crippen LogP contribution in [0.15, 0.2) is 53.4 Å². The van der Waals surface area contributed by atoms with Gasteiger partial charge in [0.15, 0.2) is 0 Å². The first-order valence-corrected chi connectivity index (χ1v) is 11.1. The number of amides is 1. The number of nitrogens with one attached hydrogen (secondary N) is 1. The number of hydrogen-bond donors (Lipinski definition) is 1. The van der Waals surface area contributed by atoms with Crippen molar-refractivity contribution in [2.45, 2.75) is 36.8 Å². The van der Waals surface area contributed by atoms with E-state index in [-0.39, 0.29) is 12.0 Å². The van der Waals surface area contributed by atoms with Gasteiger partial charge in [0.05, 0.1) is 18.5 Å². The summed E-state index contributed by atoms with van der Waals surface area (Å²) in [7, 11) is 0. The summed E-state index contributed by atoms with van der Waals surface area (Å²) in [6, 6.07) is 17.1. The number of fused-ring (bicyclic) bond motifs is 1. The van der Waals surface area contributed by atoms with E-state index in [9.17, 15) is 4.79 Å². The molecule has 1 aliphatic heterocycles. The Morgan fingerprint density at radius 2 is 2.00 bits per heavy atom. The first-order chi connectivity index (χ1) is 13.8. The van der Waals surface area contributed by atoms with Crippen molar-refractivity contribution in [3.63, 3.8) is 0 Å². The van der Waals surface area contributed by atoms with Crippen LogP contribution < -0.4 is 5.32 Å². The summed E-state index contributed by atoms with van der Waals surface area (Å²) < 4.78 is 5.85. The lowest BCUT2D eigenvalue weighted by atomic mass is 10.1. The van der Waals surface area contributed by atoms with E-state index in [0.29, 0.717) is 12.3 Å². The molecule has 0 radical (unpaired) electrons. The van der Waals surface area contributed by atoms with Crippen LogP contribution in [0.25, 0.3) is 0 Å². The van der Waals surface area contributed by atoms with Gasteiger partial charge in [-0.25, -0.2) is 0 Å². The molecule has 4 nitrogen and oxygen atoms in total. The maximum Gasteiger partial charge on any atom is 0.230 e. The van der Waals surface area contributed by atoms with Gasteiger partial charge in [-0.15, -0.1) is 11.8 Å². The Morgan fingerprint density at radius 1 is 1.14 bits per heavy atom. The molecule has 2 aromatic carbocycles. The van der Waals surface area contributed by atoms with Gasteiger partial charge in [0.25, 0.3) is 0 Å². The fourth-order valence-electron chi connectivity index (χ4n) is 3.95. The maximum atomic E-state index is 12.3. The first-order valence-electron chi connectivity index (χ1n) is 10.2. The second-order valence-corrected chi connectivity index (χ2v) is 8.64. The van der Waals surface area contributed by atoms with Crippen molar-refractivity contribution >= 4 is 17.7 Å². The molecule has 1 amide bonds. The largest absolute Gasteiger partial charge is 0.374 e. The van der Waals surface area contributed by atoms with Gasteiger partial charge in [0, 0.05) is 31.1 Å². The number of ether oxygens (including phenoxy) is 1. The van der Waals surface area contributed by atoms with Crippen molar-refractivity contribution in [3.05, 3.63) is 65.2 Å². The second kappa shape index (κ2) is 9.59. The number of aryl methyl sites for hydroxylation is 2. The molecule has 0 bridgehead atoms. The highest BCUT2D eigenvalue weighted by Gasteiger charge is 2.21. The average Bonchev–Trinajstić information content (AvgIpc) is 3.20. The number of morpholine rings is 1. The van der Waals surface area contributed by atoms with Crippen LogP contribution in [0, 0.1) is 0 Å². The SMILES string of the molecule is O=C(CSc1ccc2c(c1)CCC2)NCC1CN(Cc2ccccc2)CCO1. The zero-order valence-corrected chi connectivity index (χ0v) is 17.0. The third-order valence-corrected chi connectivity index (χ3v) is 6.43. The van der Waals surface area contributed by atoms with E-state index in [1.807, 2.05) is 6.07 Å². The summed E-state index contributed by atoms with van der Waals surface area (Å²) in [5, 5.41) is 3.05. The molecule has 1 atom stereocenters. The summed E-state index contributed by atoms with van der Waals surface area (Å²) in [4.78, 5) is 15.9. The summed E-state index contributed by atoms with van der Waals surface area (Å²) in [6.45, 7) is 4.02. The molecular weight excluding hydrogens is 368 g/mol. The van der Waals surface area contributed by atoms with Crippen LogP contribution in [-0.2, 0) is 28.9 Å².